The lowest BCUT2D eigenvalue weighted by Gasteiger charge is -2.26. The summed E-state index contributed by atoms with van der Waals surface area (Å²) in [5, 5.41) is 21.7. The van der Waals surface area contributed by atoms with Crippen LogP contribution < -0.4 is 9.64 Å². The molecule has 0 aliphatic carbocycles. The van der Waals surface area contributed by atoms with Crippen molar-refractivity contribution in [1.82, 2.24) is 0 Å². The number of benzene rings is 4. The van der Waals surface area contributed by atoms with Gasteiger partial charge >= 0.3 is 0 Å². The number of para-hydroxylation sites is 3. The third kappa shape index (κ3) is 4.13. The number of rotatable bonds is 5. The molecule has 1 saturated heterocycles. The van der Waals surface area contributed by atoms with Crippen molar-refractivity contribution < 1.29 is 24.5 Å². The zero-order chi connectivity index (χ0) is 24.4. The quantitative estimate of drug-likeness (QED) is 0.222. The van der Waals surface area contributed by atoms with Crippen molar-refractivity contribution in [3.8, 4) is 17.2 Å². The topological polar surface area (TPSA) is 87.1 Å². The maximum absolute atomic E-state index is 13.3. The summed E-state index contributed by atoms with van der Waals surface area (Å²) in [6.45, 7) is 0. The smallest absolute Gasteiger partial charge is 0.300 e. The Kier molecular flexibility index (Phi) is 5.77. The molecule has 1 heterocycles. The fourth-order valence-corrected chi connectivity index (χ4v) is 4.19. The highest BCUT2D eigenvalue weighted by molar-refractivity contribution is 6.51. The second-order valence-corrected chi connectivity index (χ2v) is 8.01. The fraction of sp³-hybridized carbons (Fsp3) is 0.0345. The van der Waals surface area contributed by atoms with Gasteiger partial charge in [0.2, 0.25) is 0 Å². The lowest BCUT2D eigenvalue weighted by Crippen LogP contribution is -2.29. The Morgan fingerprint density at radius 3 is 2.09 bits per heavy atom. The Morgan fingerprint density at radius 1 is 0.743 bits per heavy atom. The average Bonchev–Trinajstić information content (AvgIpc) is 3.15. The van der Waals surface area contributed by atoms with Crippen LogP contribution in [0.25, 0.3) is 5.76 Å². The molecule has 1 fully saturated rings. The minimum Gasteiger partial charge on any atom is -0.507 e. The van der Waals surface area contributed by atoms with Crippen LogP contribution in [0.2, 0.25) is 0 Å². The first kappa shape index (κ1) is 22.0. The molecule has 172 valence electrons. The lowest BCUT2D eigenvalue weighted by molar-refractivity contribution is -0.132. The molecule has 1 aliphatic heterocycles. The number of carbonyl (C=O) groups excluding carboxylic acids is 2. The number of hydrogen-bond donors (Lipinski definition) is 2. The summed E-state index contributed by atoms with van der Waals surface area (Å²) in [7, 11) is 0. The zero-order valence-corrected chi connectivity index (χ0v) is 18.5. The number of aliphatic hydroxyl groups excluding tert-OH is 1. The van der Waals surface area contributed by atoms with E-state index in [2.05, 4.69) is 0 Å². The standard InChI is InChI=1S/C29H21NO5/c31-24-17-8-7-16-23(24)30-26(20-12-9-15-22(18-20)35-21-13-5-2-6-14-21)25(28(33)29(30)34)27(32)19-10-3-1-4-11-19/h1-18,26,31-32H/b27-25-. The van der Waals surface area contributed by atoms with Gasteiger partial charge in [0.05, 0.1) is 17.3 Å². The summed E-state index contributed by atoms with van der Waals surface area (Å²) < 4.78 is 5.96. The number of aromatic hydroxyl groups is 1. The maximum atomic E-state index is 13.3. The van der Waals surface area contributed by atoms with Gasteiger partial charge in [-0.1, -0.05) is 72.8 Å². The Bertz CT molecular complexity index is 1430. The lowest BCUT2D eigenvalue weighted by atomic mass is 9.95. The molecule has 4 aromatic rings. The van der Waals surface area contributed by atoms with E-state index in [1.165, 1.54) is 11.0 Å². The molecule has 1 atom stereocenters. The van der Waals surface area contributed by atoms with Gasteiger partial charge in [-0.05, 0) is 42.0 Å². The van der Waals surface area contributed by atoms with Gasteiger partial charge in [-0.2, -0.15) is 0 Å². The van der Waals surface area contributed by atoms with Gasteiger partial charge in [-0.15, -0.1) is 0 Å². The van der Waals surface area contributed by atoms with E-state index in [4.69, 9.17) is 4.74 Å². The van der Waals surface area contributed by atoms with E-state index in [1.807, 2.05) is 30.3 Å². The molecule has 0 spiro atoms. The largest absolute Gasteiger partial charge is 0.507 e. The summed E-state index contributed by atoms with van der Waals surface area (Å²) in [5.41, 5.74) is 1.05. The van der Waals surface area contributed by atoms with Gasteiger partial charge in [0, 0.05) is 5.56 Å². The molecule has 2 N–H and O–H groups in total. The van der Waals surface area contributed by atoms with Crippen LogP contribution in [0.4, 0.5) is 5.69 Å². The predicted molar refractivity (Wildman–Crippen MR) is 132 cm³/mol. The Hall–Kier alpha value is -4.84. The molecule has 5 rings (SSSR count). The van der Waals surface area contributed by atoms with Gasteiger partial charge in [0.25, 0.3) is 11.7 Å². The van der Waals surface area contributed by atoms with Gasteiger partial charge in [0.15, 0.2) is 0 Å². The SMILES string of the molecule is O=C1C(=O)N(c2ccccc2O)C(c2cccc(Oc3ccccc3)c2)/C1=C(/O)c1ccccc1. The van der Waals surface area contributed by atoms with Gasteiger partial charge in [-0.3, -0.25) is 14.5 Å². The van der Waals surface area contributed by atoms with Crippen molar-refractivity contribution in [2.75, 3.05) is 4.90 Å². The van der Waals surface area contributed by atoms with Crippen LogP contribution in [0.5, 0.6) is 17.2 Å². The van der Waals surface area contributed by atoms with Crippen LogP contribution in [0.3, 0.4) is 0 Å². The molecule has 0 aromatic heterocycles. The first-order chi connectivity index (χ1) is 17.0. The van der Waals surface area contributed by atoms with E-state index in [9.17, 15) is 19.8 Å². The van der Waals surface area contributed by atoms with Crippen LogP contribution >= 0.6 is 0 Å². The number of aliphatic hydroxyl groups is 1. The van der Waals surface area contributed by atoms with Crippen LogP contribution in [0, 0.1) is 0 Å². The van der Waals surface area contributed by atoms with E-state index in [0.717, 1.165) is 0 Å². The van der Waals surface area contributed by atoms with E-state index in [1.54, 1.807) is 72.8 Å². The first-order valence-electron chi connectivity index (χ1n) is 11.0. The van der Waals surface area contributed by atoms with Crippen LogP contribution in [-0.2, 0) is 9.59 Å². The molecule has 6 heteroatoms. The van der Waals surface area contributed by atoms with Crippen LogP contribution in [0.15, 0.2) is 115 Å². The van der Waals surface area contributed by atoms with Crippen molar-refractivity contribution >= 4 is 23.1 Å². The number of ketones is 1. The Balaban J connectivity index is 1.68. The van der Waals surface area contributed by atoms with E-state index < -0.39 is 17.7 Å². The van der Waals surface area contributed by atoms with Crippen LogP contribution in [-0.4, -0.2) is 21.9 Å². The highest BCUT2D eigenvalue weighted by atomic mass is 16.5. The van der Waals surface area contributed by atoms with Gasteiger partial charge < -0.3 is 14.9 Å². The molecule has 0 radical (unpaired) electrons. The van der Waals surface area contributed by atoms with E-state index in [-0.39, 0.29) is 22.8 Å². The highest BCUT2D eigenvalue weighted by Crippen LogP contribution is 2.45. The monoisotopic (exact) mass is 463 g/mol. The second-order valence-electron chi connectivity index (χ2n) is 8.01. The molecule has 0 saturated carbocycles. The third-order valence-corrected chi connectivity index (χ3v) is 5.79. The normalized spacial score (nSPS) is 16.9. The van der Waals surface area contributed by atoms with Crippen LogP contribution in [0.1, 0.15) is 17.2 Å². The molecule has 1 unspecified atom stereocenters. The van der Waals surface area contributed by atoms with Gasteiger partial charge in [-0.25, -0.2) is 0 Å². The number of hydrogen-bond acceptors (Lipinski definition) is 5. The van der Waals surface area contributed by atoms with E-state index in [0.29, 0.717) is 22.6 Å². The number of nitrogens with zero attached hydrogens (tertiary/aromatic N) is 1. The molecular formula is C29H21NO5. The molecule has 4 aromatic carbocycles. The number of phenols is 1. The fourth-order valence-electron chi connectivity index (χ4n) is 4.19. The molecule has 0 bridgehead atoms. The third-order valence-electron chi connectivity index (χ3n) is 5.79. The number of amides is 1. The van der Waals surface area contributed by atoms with E-state index >= 15 is 0 Å². The average molecular weight is 463 g/mol. The van der Waals surface area contributed by atoms with Crippen molar-refractivity contribution in [1.29, 1.82) is 0 Å². The second kappa shape index (κ2) is 9.19. The Morgan fingerprint density at radius 2 is 1.37 bits per heavy atom. The summed E-state index contributed by atoms with van der Waals surface area (Å²) >= 11 is 0. The maximum Gasteiger partial charge on any atom is 0.300 e. The van der Waals surface area contributed by atoms with Gasteiger partial charge in [0.1, 0.15) is 23.0 Å². The van der Waals surface area contributed by atoms with Crippen molar-refractivity contribution in [3.63, 3.8) is 0 Å². The molecule has 1 amide bonds. The number of ether oxygens (including phenoxy) is 1. The number of anilines is 1. The first-order valence-corrected chi connectivity index (χ1v) is 11.0. The summed E-state index contributed by atoms with van der Waals surface area (Å²) in [5.74, 6) is -1.01. The summed E-state index contributed by atoms with van der Waals surface area (Å²) in [4.78, 5) is 27.7. The zero-order valence-electron chi connectivity index (χ0n) is 18.5. The molecular weight excluding hydrogens is 442 g/mol. The molecule has 1 aliphatic rings. The minimum atomic E-state index is -0.983. The van der Waals surface area contributed by atoms with Crippen molar-refractivity contribution in [2.45, 2.75) is 6.04 Å². The highest BCUT2D eigenvalue weighted by Gasteiger charge is 2.47. The number of carbonyl (C=O) groups is 2. The van der Waals surface area contributed by atoms with Crippen molar-refractivity contribution in [2.24, 2.45) is 0 Å². The summed E-state index contributed by atoms with van der Waals surface area (Å²) in [6.07, 6.45) is 0. The summed E-state index contributed by atoms with van der Waals surface area (Å²) in [6, 6.07) is 30.1. The number of Topliss-reactive ketones (excluding diaryl/α,β-unsaturated/α-hetero) is 1. The minimum absolute atomic E-state index is 0.0682. The molecule has 6 nitrogen and oxygen atoms in total. The predicted octanol–water partition coefficient (Wildman–Crippen LogP) is 5.81. The molecule has 35 heavy (non-hydrogen) atoms. The number of phenolic OH excluding ortho intramolecular Hbond substituents is 1. The Labute approximate surface area is 202 Å². The van der Waals surface area contributed by atoms with Crippen molar-refractivity contribution in [3.05, 3.63) is 126 Å².